The third kappa shape index (κ3) is 4.02. The lowest BCUT2D eigenvalue weighted by atomic mass is 10.00. The summed E-state index contributed by atoms with van der Waals surface area (Å²) in [5.41, 5.74) is 3.66. The van der Waals surface area contributed by atoms with Crippen molar-refractivity contribution in [3.63, 3.8) is 0 Å². The first-order chi connectivity index (χ1) is 15.5. The van der Waals surface area contributed by atoms with Crippen molar-refractivity contribution in [2.24, 2.45) is 0 Å². The van der Waals surface area contributed by atoms with Crippen molar-refractivity contribution < 1.29 is 13.2 Å². The molecule has 0 N–H and O–H groups in total. The Hall–Kier alpha value is -2.09. The van der Waals surface area contributed by atoms with E-state index in [4.69, 9.17) is 4.74 Å². The van der Waals surface area contributed by atoms with Crippen LogP contribution < -0.4 is 9.64 Å². The number of hydrogen-bond acceptors (Lipinski definition) is 5. The standard InChI is InChI=1S/C25H33N3O3S/c1-19-5-4-12-28(19)23-11-13-26(18-23)22-9-8-21-17-27(14-10-20(21)15-22)32(29,30)25-7-3-6-24(16-25)31-2/h3,6-9,15-16,19,23H,4-5,10-14,17-18H2,1-2H3/t19-,23-/m0/s1. The van der Waals surface area contributed by atoms with Crippen LogP contribution in [0.2, 0.25) is 0 Å². The van der Waals surface area contributed by atoms with Crippen LogP contribution in [0.1, 0.15) is 37.3 Å². The van der Waals surface area contributed by atoms with Gasteiger partial charge in [0.2, 0.25) is 10.0 Å². The van der Waals surface area contributed by atoms with Crippen molar-refractivity contribution in [1.82, 2.24) is 9.21 Å². The molecule has 0 aromatic heterocycles. The van der Waals surface area contributed by atoms with Crippen LogP contribution in [0.5, 0.6) is 5.75 Å². The highest BCUT2D eigenvalue weighted by Crippen LogP contribution is 2.32. The van der Waals surface area contributed by atoms with Gasteiger partial charge >= 0.3 is 0 Å². The highest BCUT2D eigenvalue weighted by atomic mass is 32.2. The summed E-state index contributed by atoms with van der Waals surface area (Å²) in [6, 6.07) is 14.7. The zero-order chi connectivity index (χ0) is 22.3. The highest BCUT2D eigenvalue weighted by molar-refractivity contribution is 7.89. The third-order valence-corrected chi connectivity index (χ3v) is 9.29. The molecule has 7 heteroatoms. The van der Waals surface area contributed by atoms with Gasteiger partial charge in [-0.3, -0.25) is 4.90 Å². The second-order valence-electron chi connectivity index (χ2n) is 9.34. The Bertz CT molecular complexity index is 1090. The number of sulfonamides is 1. The lowest BCUT2D eigenvalue weighted by Crippen LogP contribution is -2.39. The van der Waals surface area contributed by atoms with Gasteiger partial charge in [-0.05, 0) is 74.5 Å². The number of likely N-dealkylation sites (tertiary alicyclic amines) is 1. The molecular formula is C25H33N3O3S. The maximum Gasteiger partial charge on any atom is 0.243 e. The van der Waals surface area contributed by atoms with Crippen molar-refractivity contribution in [2.45, 2.75) is 56.1 Å². The molecule has 172 valence electrons. The topological polar surface area (TPSA) is 53.1 Å². The number of fused-ring (bicyclic) bond motifs is 1. The monoisotopic (exact) mass is 455 g/mol. The Kier molecular flexibility index (Phi) is 5.90. The van der Waals surface area contributed by atoms with Crippen molar-refractivity contribution in [3.05, 3.63) is 53.6 Å². The summed E-state index contributed by atoms with van der Waals surface area (Å²) in [6.07, 6.45) is 4.62. The lowest BCUT2D eigenvalue weighted by Gasteiger charge is -2.30. The van der Waals surface area contributed by atoms with Crippen LogP contribution in [0.4, 0.5) is 5.69 Å². The molecule has 0 unspecified atom stereocenters. The van der Waals surface area contributed by atoms with Crippen molar-refractivity contribution in [1.29, 1.82) is 0 Å². The molecule has 0 aliphatic carbocycles. The zero-order valence-corrected chi connectivity index (χ0v) is 19.9. The van der Waals surface area contributed by atoms with Gasteiger partial charge in [0.05, 0.1) is 12.0 Å². The minimum Gasteiger partial charge on any atom is -0.497 e. The fourth-order valence-electron chi connectivity index (χ4n) is 5.57. The van der Waals surface area contributed by atoms with Gasteiger partial charge in [-0.1, -0.05) is 12.1 Å². The number of anilines is 1. The van der Waals surface area contributed by atoms with Gasteiger partial charge in [-0.2, -0.15) is 4.31 Å². The molecule has 3 aliphatic rings. The average molecular weight is 456 g/mol. The Morgan fingerprint density at radius 3 is 2.66 bits per heavy atom. The fraction of sp³-hybridized carbons (Fsp3) is 0.520. The summed E-state index contributed by atoms with van der Waals surface area (Å²) in [4.78, 5) is 5.49. The van der Waals surface area contributed by atoms with E-state index in [1.54, 1.807) is 35.7 Å². The van der Waals surface area contributed by atoms with E-state index in [-0.39, 0.29) is 4.90 Å². The maximum absolute atomic E-state index is 13.2. The van der Waals surface area contributed by atoms with E-state index in [9.17, 15) is 8.42 Å². The minimum atomic E-state index is -3.55. The van der Waals surface area contributed by atoms with Gasteiger partial charge < -0.3 is 9.64 Å². The van der Waals surface area contributed by atoms with Crippen molar-refractivity contribution >= 4 is 15.7 Å². The fourth-order valence-corrected chi connectivity index (χ4v) is 7.03. The first kappa shape index (κ1) is 21.7. The molecule has 0 bridgehead atoms. The van der Waals surface area contributed by atoms with Crippen LogP contribution in [0.15, 0.2) is 47.4 Å². The summed E-state index contributed by atoms with van der Waals surface area (Å²) >= 11 is 0. The molecule has 0 radical (unpaired) electrons. The van der Waals surface area contributed by atoms with Crippen LogP contribution in [-0.4, -0.2) is 63.0 Å². The van der Waals surface area contributed by atoms with Gasteiger partial charge in [-0.25, -0.2) is 8.42 Å². The van der Waals surface area contributed by atoms with E-state index >= 15 is 0 Å². The van der Waals surface area contributed by atoms with Crippen LogP contribution in [0, 0.1) is 0 Å². The molecule has 6 nitrogen and oxygen atoms in total. The maximum atomic E-state index is 13.2. The third-order valence-electron chi connectivity index (χ3n) is 7.45. The quantitative estimate of drug-likeness (QED) is 0.691. The molecule has 2 fully saturated rings. The molecule has 3 aliphatic heterocycles. The Labute approximate surface area is 191 Å². The Morgan fingerprint density at radius 2 is 1.88 bits per heavy atom. The number of methoxy groups -OCH3 is 1. The summed E-state index contributed by atoms with van der Waals surface area (Å²) < 4.78 is 33.2. The largest absolute Gasteiger partial charge is 0.497 e. The average Bonchev–Trinajstić information content (AvgIpc) is 3.47. The molecule has 0 amide bonds. The van der Waals surface area contributed by atoms with Gasteiger partial charge in [0.15, 0.2) is 0 Å². The molecule has 2 aromatic carbocycles. The molecule has 2 aromatic rings. The van der Waals surface area contributed by atoms with E-state index in [1.807, 2.05) is 0 Å². The number of ether oxygens (including phenoxy) is 1. The summed E-state index contributed by atoms with van der Waals surface area (Å²) in [6.45, 7) is 6.72. The first-order valence-electron chi connectivity index (χ1n) is 11.7. The minimum absolute atomic E-state index is 0.288. The van der Waals surface area contributed by atoms with Crippen molar-refractivity contribution in [2.75, 3.05) is 38.2 Å². The van der Waals surface area contributed by atoms with Gasteiger partial charge in [0, 0.05) is 50.0 Å². The molecule has 3 heterocycles. The van der Waals surface area contributed by atoms with E-state index in [0.717, 1.165) is 25.1 Å². The van der Waals surface area contributed by atoms with Gasteiger partial charge in [0.25, 0.3) is 0 Å². The van der Waals surface area contributed by atoms with Crippen LogP contribution >= 0.6 is 0 Å². The SMILES string of the molecule is COc1cccc(S(=O)(=O)N2CCc3cc(N4CC[C@H](N5CCC[C@@H]5C)C4)ccc3C2)c1. The molecule has 32 heavy (non-hydrogen) atoms. The predicted octanol–water partition coefficient (Wildman–Crippen LogP) is 3.51. The van der Waals surface area contributed by atoms with Crippen LogP contribution in [0.3, 0.4) is 0 Å². The Morgan fingerprint density at radius 1 is 1.00 bits per heavy atom. The van der Waals surface area contributed by atoms with E-state index in [1.165, 1.54) is 37.1 Å². The summed E-state index contributed by atoms with van der Waals surface area (Å²) in [5.74, 6) is 0.556. The number of nitrogens with zero attached hydrogens (tertiary/aromatic N) is 3. The highest BCUT2D eigenvalue weighted by Gasteiger charge is 2.34. The number of hydrogen-bond donors (Lipinski definition) is 0. The molecular weight excluding hydrogens is 422 g/mol. The summed E-state index contributed by atoms with van der Waals surface area (Å²) in [5, 5.41) is 0. The van der Waals surface area contributed by atoms with E-state index in [2.05, 4.69) is 34.9 Å². The molecule has 2 atom stereocenters. The normalized spacial score (nSPS) is 24.6. The first-order valence-corrected chi connectivity index (χ1v) is 13.2. The predicted molar refractivity (Wildman–Crippen MR) is 127 cm³/mol. The van der Waals surface area contributed by atoms with Crippen LogP contribution in [-0.2, 0) is 23.0 Å². The van der Waals surface area contributed by atoms with Crippen LogP contribution in [0.25, 0.3) is 0 Å². The van der Waals surface area contributed by atoms with Crippen molar-refractivity contribution in [3.8, 4) is 5.75 Å². The second-order valence-corrected chi connectivity index (χ2v) is 11.3. The molecule has 0 saturated carbocycles. The second kappa shape index (κ2) is 8.69. The molecule has 0 spiro atoms. The number of benzene rings is 2. The lowest BCUT2D eigenvalue weighted by molar-refractivity contribution is 0.204. The molecule has 2 saturated heterocycles. The van der Waals surface area contributed by atoms with Gasteiger partial charge in [0.1, 0.15) is 5.75 Å². The molecule has 5 rings (SSSR count). The Balaban J connectivity index is 1.29. The summed E-state index contributed by atoms with van der Waals surface area (Å²) in [7, 11) is -2.00. The smallest absolute Gasteiger partial charge is 0.243 e. The number of rotatable bonds is 5. The van der Waals surface area contributed by atoms with Gasteiger partial charge in [-0.15, -0.1) is 0 Å². The van der Waals surface area contributed by atoms with E-state index < -0.39 is 10.0 Å². The zero-order valence-electron chi connectivity index (χ0n) is 19.0. The van der Waals surface area contributed by atoms with E-state index in [0.29, 0.717) is 30.9 Å².